The Balaban J connectivity index is 1.96. The predicted octanol–water partition coefficient (Wildman–Crippen LogP) is 1.35. The van der Waals surface area contributed by atoms with Gasteiger partial charge in [0.25, 0.3) is 0 Å². The molecule has 1 fully saturated rings. The molecule has 2 atom stereocenters. The fourth-order valence-corrected chi connectivity index (χ4v) is 2.80. The first kappa shape index (κ1) is 13.8. The number of fused-ring (bicyclic) bond motifs is 1. The standard InChI is InChI=1S/C14H18N6O/c1-10-7-19(8-11(2)21-10)13-12-6-18-20(5-3-4-15)14(12)17-9-16-13/h6,9-11H,3,5,7-8H2,1-2H3/t10-,11+. The molecule has 0 N–H and O–H groups in total. The fourth-order valence-electron chi connectivity index (χ4n) is 2.80. The van der Waals surface area contributed by atoms with Crippen molar-refractivity contribution in [2.75, 3.05) is 18.0 Å². The zero-order valence-electron chi connectivity index (χ0n) is 12.2. The van der Waals surface area contributed by atoms with Crippen LogP contribution in [-0.4, -0.2) is 45.0 Å². The first-order chi connectivity index (χ1) is 10.2. The number of aromatic nitrogens is 4. The lowest BCUT2D eigenvalue weighted by atomic mass is 10.2. The first-order valence-electron chi connectivity index (χ1n) is 7.13. The number of hydrogen-bond acceptors (Lipinski definition) is 6. The van der Waals surface area contributed by atoms with Crippen LogP contribution in [0.2, 0.25) is 0 Å². The van der Waals surface area contributed by atoms with Crippen LogP contribution in [0.1, 0.15) is 20.3 Å². The van der Waals surface area contributed by atoms with E-state index < -0.39 is 0 Å². The molecule has 0 bridgehead atoms. The summed E-state index contributed by atoms with van der Waals surface area (Å²) in [7, 11) is 0. The van der Waals surface area contributed by atoms with Crippen molar-refractivity contribution < 1.29 is 4.74 Å². The molecule has 1 saturated heterocycles. The van der Waals surface area contributed by atoms with E-state index in [9.17, 15) is 0 Å². The molecular weight excluding hydrogens is 268 g/mol. The van der Waals surface area contributed by atoms with Crippen LogP contribution in [0, 0.1) is 11.3 Å². The van der Waals surface area contributed by atoms with E-state index in [1.165, 1.54) is 0 Å². The Morgan fingerprint density at radius 2 is 2.10 bits per heavy atom. The lowest BCUT2D eigenvalue weighted by molar-refractivity contribution is -0.00537. The van der Waals surface area contributed by atoms with Gasteiger partial charge < -0.3 is 9.64 Å². The summed E-state index contributed by atoms with van der Waals surface area (Å²) in [5, 5.41) is 14.0. The van der Waals surface area contributed by atoms with E-state index in [1.807, 2.05) is 0 Å². The second-order valence-electron chi connectivity index (χ2n) is 5.37. The van der Waals surface area contributed by atoms with E-state index in [1.54, 1.807) is 17.2 Å². The topological polar surface area (TPSA) is 79.9 Å². The summed E-state index contributed by atoms with van der Waals surface area (Å²) in [5.74, 6) is 0.894. The molecule has 0 radical (unpaired) electrons. The lowest BCUT2D eigenvalue weighted by Gasteiger charge is -2.36. The van der Waals surface area contributed by atoms with Gasteiger partial charge >= 0.3 is 0 Å². The van der Waals surface area contributed by atoms with Crippen LogP contribution >= 0.6 is 0 Å². The molecule has 0 saturated carbocycles. The molecule has 110 valence electrons. The highest BCUT2D eigenvalue weighted by Gasteiger charge is 2.25. The van der Waals surface area contributed by atoms with Crippen LogP contribution < -0.4 is 4.90 Å². The molecule has 0 aliphatic carbocycles. The molecule has 2 aromatic rings. The van der Waals surface area contributed by atoms with Gasteiger partial charge in [-0.2, -0.15) is 10.4 Å². The van der Waals surface area contributed by atoms with E-state index in [0.717, 1.165) is 29.9 Å². The molecule has 7 nitrogen and oxygen atoms in total. The van der Waals surface area contributed by atoms with E-state index in [2.05, 4.69) is 39.9 Å². The maximum Gasteiger partial charge on any atom is 0.163 e. The maximum absolute atomic E-state index is 8.71. The average molecular weight is 286 g/mol. The Morgan fingerprint density at radius 3 is 2.81 bits per heavy atom. The summed E-state index contributed by atoms with van der Waals surface area (Å²) in [6.07, 6.45) is 4.11. The molecule has 7 heteroatoms. The maximum atomic E-state index is 8.71. The van der Waals surface area contributed by atoms with Gasteiger partial charge in [0, 0.05) is 13.1 Å². The molecule has 0 unspecified atom stereocenters. The number of morpholine rings is 1. The molecule has 0 spiro atoms. The Hall–Kier alpha value is -2.20. The van der Waals surface area contributed by atoms with Crippen molar-refractivity contribution in [3.8, 4) is 6.07 Å². The third-order valence-corrected chi connectivity index (χ3v) is 3.57. The quantitative estimate of drug-likeness (QED) is 0.847. The highest BCUT2D eigenvalue weighted by Crippen LogP contribution is 2.25. The molecule has 2 aromatic heterocycles. The minimum absolute atomic E-state index is 0.174. The van der Waals surface area contributed by atoms with Crippen molar-refractivity contribution >= 4 is 16.9 Å². The highest BCUT2D eigenvalue weighted by atomic mass is 16.5. The Kier molecular flexibility index (Phi) is 3.71. The fraction of sp³-hybridized carbons (Fsp3) is 0.571. The van der Waals surface area contributed by atoms with Gasteiger partial charge in [0.15, 0.2) is 5.65 Å². The Bertz CT molecular complexity index is 666. The normalized spacial score (nSPS) is 22.4. The van der Waals surface area contributed by atoms with Crippen LogP contribution in [0.25, 0.3) is 11.0 Å². The van der Waals surface area contributed by atoms with Gasteiger partial charge in [-0.1, -0.05) is 0 Å². The predicted molar refractivity (Wildman–Crippen MR) is 77.8 cm³/mol. The third kappa shape index (κ3) is 2.67. The van der Waals surface area contributed by atoms with Crippen molar-refractivity contribution in [3.63, 3.8) is 0 Å². The van der Waals surface area contributed by atoms with E-state index in [4.69, 9.17) is 10.00 Å². The molecule has 3 rings (SSSR count). The van der Waals surface area contributed by atoms with Crippen LogP contribution in [0.4, 0.5) is 5.82 Å². The van der Waals surface area contributed by atoms with Gasteiger partial charge in [-0.25, -0.2) is 14.6 Å². The van der Waals surface area contributed by atoms with Crippen LogP contribution in [0.15, 0.2) is 12.5 Å². The third-order valence-electron chi connectivity index (χ3n) is 3.57. The zero-order valence-corrected chi connectivity index (χ0v) is 12.2. The van der Waals surface area contributed by atoms with Crippen molar-refractivity contribution in [1.82, 2.24) is 19.7 Å². The van der Waals surface area contributed by atoms with Crippen LogP contribution in [-0.2, 0) is 11.3 Å². The van der Waals surface area contributed by atoms with Crippen molar-refractivity contribution in [1.29, 1.82) is 5.26 Å². The largest absolute Gasteiger partial charge is 0.372 e. The lowest BCUT2D eigenvalue weighted by Crippen LogP contribution is -2.45. The summed E-state index contributed by atoms with van der Waals surface area (Å²) >= 11 is 0. The second kappa shape index (κ2) is 5.66. The molecule has 0 amide bonds. The number of hydrogen-bond donors (Lipinski definition) is 0. The van der Waals surface area contributed by atoms with E-state index >= 15 is 0 Å². The first-order valence-corrected chi connectivity index (χ1v) is 7.13. The van der Waals surface area contributed by atoms with Crippen molar-refractivity contribution in [2.24, 2.45) is 0 Å². The van der Waals surface area contributed by atoms with Gasteiger partial charge in [-0.05, 0) is 13.8 Å². The van der Waals surface area contributed by atoms with Gasteiger partial charge in [-0.15, -0.1) is 0 Å². The van der Waals surface area contributed by atoms with Crippen LogP contribution in [0.5, 0.6) is 0 Å². The van der Waals surface area contributed by atoms with Crippen molar-refractivity contribution in [2.45, 2.75) is 39.0 Å². The van der Waals surface area contributed by atoms with E-state index in [-0.39, 0.29) is 12.2 Å². The molecule has 21 heavy (non-hydrogen) atoms. The summed E-state index contributed by atoms with van der Waals surface area (Å²) in [6.45, 7) is 6.29. The molecular formula is C14H18N6O. The summed E-state index contributed by atoms with van der Waals surface area (Å²) in [6, 6.07) is 2.13. The number of ether oxygens (including phenoxy) is 1. The summed E-state index contributed by atoms with van der Waals surface area (Å²) in [5.41, 5.74) is 0.780. The number of nitrogens with zero attached hydrogens (tertiary/aromatic N) is 6. The number of rotatable bonds is 3. The molecule has 1 aliphatic heterocycles. The Labute approximate surface area is 123 Å². The second-order valence-corrected chi connectivity index (χ2v) is 5.37. The smallest absolute Gasteiger partial charge is 0.163 e. The van der Waals surface area contributed by atoms with Crippen LogP contribution in [0.3, 0.4) is 0 Å². The number of aryl methyl sites for hydroxylation is 1. The molecule has 3 heterocycles. The van der Waals surface area contributed by atoms with Crippen molar-refractivity contribution in [3.05, 3.63) is 12.5 Å². The summed E-state index contributed by atoms with van der Waals surface area (Å²) in [4.78, 5) is 11.0. The minimum atomic E-state index is 0.174. The molecule has 0 aromatic carbocycles. The van der Waals surface area contributed by atoms with Gasteiger partial charge in [0.05, 0.1) is 42.8 Å². The van der Waals surface area contributed by atoms with Gasteiger partial charge in [0.2, 0.25) is 0 Å². The highest BCUT2D eigenvalue weighted by molar-refractivity contribution is 5.86. The summed E-state index contributed by atoms with van der Waals surface area (Å²) < 4.78 is 7.53. The zero-order chi connectivity index (χ0) is 14.8. The SMILES string of the molecule is C[C@@H]1CN(c2ncnc3c2cnn3CCC#N)C[C@H](C)O1. The van der Waals surface area contributed by atoms with E-state index in [0.29, 0.717) is 13.0 Å². The Morgan fingerprint density at radius 1 is 1.33 bits per heavy atom. The number of nitriles is 1. The molecule has 1 aliphatic rings. The number of anilines is 1. The minimum Gasteiger partial charge on any atom is -0.372 e. The van der Waals surface area contributed by atoms with Gasteiger partial charge in [0.1, 0.15) is 12.1 Å². The monoisotopic (exact) mass is 286 g/mol. The van der Waals surface area contributed by atoms with Gasteiger partial charge in [-0.3, -0.25) is 0 Å². The average Bonchev–Trinajstić information content (AvgIpc) is 2.87.